The molecule has 1 fully saturated rings. The van der Waals surface area contributed by atoms with Crippen LogP contribution in [-0.2, 0) is 0 Å². The third kappa shape index (κ3) is 1.87. The molecule has 2 unspecified atom stereocenters. The molecule has 2 heterocycles. The number of nitrogens with zero attached hydrogens (tertiary/aromatic N) is 3. The lowest BCUT2D eigenvalue weighted by Gasteiger charge is -2.04. The van der Waals surface area contributed by atoms with Crippen molar-refractivity contribution in [3.63, 3.8) is 0 Å². The number of nitrogen functional groups attached to an aromatic ring is 1. The highest BCUT2D eigenvalue weighted by atomic mass is 35.5. The molecule has 1 aliphatic rings. The molecular weight excluding hydrogens is 248 g/mol. The maximum absolute atomic E-state index is 8.67. The molecule has 0 saturated heterocycles. The third-order valence-electron chi connectivity index (χ3n) is 3.37. The van der Waals surface area contributed by atoms with E-state index in [9.17, 15) is 0 Å². The van der Waals surface area contributed by atoms with E-state index in [1.807, 2.05) is 12.3 Å². The van der Waals surface area contributed by atoms with Crippen molar-refractivity contribution in [2.24, 2.45) is 5.92 Å². The fourth-order valence-corrected chi connectivity index (χ4v) is 2.53. The average Bonchev–Trinajstić information content (AvgIpc) is 3.08. The molecule has 4 nitrogen and oxygen atoms in total. The molecule has 0 spiro atoms. The molecule has 0 bridgehead atoms. The van der Waals surface area contributed by atoms with Gasteiger partial charge in [-0.2, -0.15) is 5.26 Å². The maximum atomic E-state index is 8.67. The van der Waals surface area contributed by atoms with Crippen molar-refractivity contribution >= 4 is 28.3 Å². The van der Waals surface area contributed by atoms with Crippen LogP contribution in [0, 0.1) is 17.2 Å². The van der Waals surface area contributed by atoms with E-state index in [-0.39, 0.29) is 0 Å². The van der Waals surface area contributed by atoms with E-state index in [1.54, 1.807) is 6.07 Å². The second kappa shape index (κ2) is 4.11. The predicted molar refractivity (Wildman–Crippen MR) is 70.0 cm³/mol. The summed E-state index contributed by atoms with van der Waals surface area (Å²) >= 11 is 5.89. The molecule has 1 aliphatic carbocycles. The summed E-state index contributed by atoms with van der Waals surface area (Å²) in [5, 5.41) is 9.05. The van der Waals surface area contributed by atoms with Gasteiger partial charge in [0.25, 0.3) is 0 Å². The second-order valence-corrected chi connectivity index (χ2v) is 5.02. The number of nitrogens with two attached hydrogens (primary N) is 1. The van der Waals surface area contributed by atoms with E-state index in [4.69, 9.17) is 22.6 Å². The first-order chi connectivity index (χ1) is 8.69. The molecule has 5 heteroatoms. The standard InChI is InChI=1S/C13H11ClN4/c14-12-5-10(16)13-11(18-12)4-8(6-17-13)9-3-7(9)1-2-15/h4-7,9H,1,3H2,(H2,16,18). The van der Waals surface area contributed by atoms with Crippen LogP contribution >= 0.6 is 11.6 Å². The van der Waals surface area contributed by atoms with Crippen LogP contribution in [0.4, 0.5) is 5.69 Å². The largest absolute Gasteiger partial charge is 0.397 e. The van der Waals surface area contributed by atoms with Gasteiger partial charge < -0.3 is 5.73 Å². The summed E-state index contributed by atoms with van der Waals surface area (Å²) in [7, 11) is 0. The Hall–Kier alpha value is -1.86. The van der Waals surface area contributed by atoms with Crippen LogP contribution in [-0.4, -0.2) is 9.97 Å². The molecule has 2 N–H and O–H groups in total. The molecule has 0 aromatic carbocycles. The monoisotopic (exact) mass is 258 g/mol. The Morgan fingerprint density at radius 3 is 3.11 bits per heavy atom. The van der Waals surface area contributed by atoms with Crippen molar-refractivity contribution in [3.8, 4) is 6.07 Å². The van der Waals surface area contributed by atoms with E-state index < -0.39 is 0 Å². The average molecular weight is 259 g/mol. The Balaban J connectivity index is 2.00. The molecule has 1 saturated carbocycles. The smallest absolute Gasteiger partial charge is 0.131 e. The summed E-state index contributed by atoms with van der Waals surface area (Å²) in [4.78, 5) is 8.58. The first kappa shape index (κ1) is 11.2. The summed E-state index contributed by atoms with van der Waals surface area (Å²) in [5.74, 6) is 0.898. The van der Waals surface area contributed by atoms with Gasteiger partial charge in [-0.05, 0) is 29.9 Å². The van der Waals surface area contributed by atoms with Crippen molar-refractivity contribution in [2.45, 2.75) is 18.8 Å². The van der Waals surface area contributed by atoms with Crippen LogP contribution in [0.3, 0.4) is 0 Å². The quantitative estimate of drug-likeness (QED) is 0.841. The van der Waals surface area contributed by atoms with Gasteiger partial charge in [0.1, 0.15) is 10.7 Å². The van der Waals surface area contributed by atoms with Crippen molar-refractivity contribution in [1.29, 1.82) is 5.26 Å². The normalized spacial score (nSPS) is 21.8. The lowest BCUT2D eigenvalue weighted by molar-refractivity contribution is 0.827. The molecule has 18 heavy (non-hydrogen) atoms. The Morgan fingerprint density at radius 2 is 2.33 bits per heavy atom. The summed E-state index contributed by atoms with van der Waals surface area (Å²) in [6, 6.07) is 5.79. The molecule has 0 aliphatic heterocycles. The summed E-state index contributed by atoms with van der Waals surface area (Å²) in [5.41, 5.74) is 8.91. The van der Waals surface area contributed by atoms with Crippen LogP contribution in [0.15, 0.2) is 18.3 Å². The van der Waals surface area contributed by atoms with Crippen molar-refractivity contribution in [3.05, 3.63) is 29.0 Å². The zero-order valence-electron chi connectivity index (χ0n) is 9.60. The van der Waals surface area contributed by atoms with E-state index in [0.717, 1.165) is 17.5 Å². The van der Waals surface area contributed by atoms with E-state index in [1.165, 1.54) is 0 Å². The first-order valence-corrected chi connectivity index (χ1v) is 6.15. The summed E-state index contributed by atoms with van der Waals surface area (Å²) in [6.07, 6.45) is 3.49. The van der Waals surface area contributed by atoms with Gasteiger partial charge in [-0.25, -0.2) is 4.98 Å². The number of hydrogen-bond donors (Lipinski definition) is 1. The molecule has 2 atom stereocenters. The third-order valence-corrected chi connectivity index (χ3v) is 3.56. The van der Waals surface area contributed by atoms with Crippen molar-refractivity contribution in [1.82, 2.24) is 9.97 Å². The predicted octanol–water partition coefficient (Wildman–Crippen LogP) is 2.88. The zero-order valence-corrected chi connectivity index (χ0v) is 10.4. The van der Waals surface area contributed by atoms with Crippen LogP contribution < -0.4 is 5.73 Å². The van der Waals surface area contributed by atoms with E-state index >= 15 is 0 Å². The minimum atomic E-state index is 0.378. The fourth-order valence-electron chi connectivity index (χ4n) is 2.32. The van der Waals surface area contributed by atoms with Crippen LogP contribution in [0.25, 0.3) is 11.0 Å². The van der Waals surface area contributed by atoms with Crippen LogP contribution in [0.5, 0.6) is 0 Å². The minimum absolute atomic E-state index is 0.378. The molecule has 2 aromatic heterocycles. The number of hydrogen-bond acceptors (Lipinski definition) is 4. The first-order valence-electron chi connectivity index (χ1n) is 5.77. The topological polar surface area (TPSA) is 75.6 Å². The minimum Gasteiger partial charge on any atom is -0.397 e. The van der Waals surface area contributed by atoms with Gasteiger partial charge in [0, 0.05) is 18.7 Å². The molecular formula is C13H11ClN4. The lowest BCUT2D eigenvalue weighted by atomic mass is 10.1. The number of halogens is 1. The zero-order chi connectivity index (χ0) is 12.7. The van der Waals surface area contributed by atoms with E-state index in [0.29, 0.717) is 34.6 Å². The number of nitriles is 1. The fraction of sp³-hybridized carbons (Fsp3) is 0.308. The highest BCUT2D eigenvalue weighted by Gasteiger charge is 2.38. The van der Waals surface area contributed by atoms with Gasteiger partial charge >= 0.3 is 0 Å². The van der Waals surface area contributed by atoms with Crippen LogP contribution in [0.1, 0.15) is 24.3 Å². The van der Waals surface area contributed by atoms with Gasteiger partial charge in [0.2, 0.25) is 0 Å². The summed E-state index contributed by atoms with van der Waals surface area (Å²) < 4.78 is 0. The Bertz CT molecular complexity index is 662. The highest BCUT2D eigenvalue weighted by molar-refractivity contribution is 6.30. The number of anilines is 1. The van der Waals surface area contributed by atoms with Gasteiger partial charge in [0.05, 0.1) is 17.3 Å². The van der Waals surface area contributed by atoms with Gasteiger partial charge in [0.15, 0.2) is 0 Å². The van der Waals surface area contributed by atoms with Crippen LogP contribution in [0.2, 0.25) is 5.15 Å². The van der Waals surface area contributed by atoms with Gasteiger partial charge in [-0.3, -0.25) is 4.98 Å². The maximum Gasteiger partial charge on any atom is 0.131 e. The lowest BCUT2D eigenvalue weighted by Crippen LogP contribution is -1.94. The molecule has 0 amide bonds. The number of rotatable bonds is 2. The van der Waals surface area contributed by atoms with Gasteiger partial charge in [-0.1, -0.05) is 11.6 Å². The molecule has 2 aromatic rings. The van der Waals surface area contributed by atoms with Crippen molar-refractivity contribution in [2.75, 3.05) is 5.73 Å². The molecule has 3 rings (SSSR count). The Kier molecular flexibility index (Phi) is 2.57. The van der Waals surface area contributed by atoms with E-state index in [2.05, 4.69) is 16.0 Å². The van der Waals surface area contributed by atoms with Gasteiger partial charge in [-0.15, -0.1) is 0 Å². The second-order valence-electron chi connectivity index (χ2n) is 4.64. The Morgan fingerprint density at radius 1 is 1.50 bits per heavy atom. The SMILES string of the molecule is N#CCC1CC1c1cnc2c(N)cc(Cl)nc2c1. The Labute approximate surface area is 109 Å². The summed E-state index contributed by atoms with van der Waals surface area (Å²) in [6.45, 7) is 0. The number of fused-ring (bicyclic) bond motifs is 1. The molecule has 90 valence electrons. The number of pyridine rings is 2. The molecule has 0 radical (unpaired) electrons. The van der Waals surface area contributed by atoms with Crippen molar-refractivity contribution < 1.29 is 0 Å². The number of aromatic nitrogens is 2. The highest BCUT2D eigenvalue weighted by Crippen LogP contribution is 2.49.